The third kappa shape index (κ3) is 3.63. The van der Waals surface area contributed by atoms with Gasteiger partial charge in [-0.1, -0.05) is 12.1 Å². The molecular formula is C23H18N4O4S. The highest BCUT2D eigenvalue weighted by atomic mass is 32.2. The Bertz CT molecular complexity index is 1530. The van der Waals surface area contributed by atoms with Gasteiger partial charge >= 0.3 is 0 Å². The number of aromatic nitrogens is 3. The predicted octanol–water partition coefficient (Wildman–Crippen LogP) is 3.48. The first kappa shape index (κ1) is 20.0. The molecule has 0 saturated carbocycles. The van der Waals surface area contributed by atoms with Crippen molar-refractivity contribution in [1.29, 1.82) is 0 Å². The molecule has 8 nitrogen and oxygen atoms in total. The number of benzene rings is 2. The number of hydrogen-bond acceptors (Lipinski definition) is 6. The van der Waals surface area contributed by atoms with E-state index in [2.05, 4.69) is 15.4 Å². The molecular weight excluding hydrogens is 428 g/mol. The molecule has 0 atom stereocenters. The fourth-order valence-corrected chi connectivity index (χ4v) is 4.76. The van der Waals surface area contributed by atoms with Gasteiger partial charge in [-0.05, 0) is 48.0 Å². The van der Waals surface area contributed by atoms with Gasteiger partial charge in [0.1, 0.15) is 0 Å². The van der Waals surface area contributed by atoms with Crippen molar-refractivity contribution < 1.29 is 17.6 Å². The summed E-state index contributed by atoms with van der Waals surface area (Å²) < 4.78 is 33.2. The predicted molar refractivity (Wildman–Crippen MR) is 118 cm³/mol. The highest BCUT2D eigenvalue weighted by molar-refractivity contribution is 7.91. The maximum atomic E-state index is 13.0. The molecule has 32 heavy (non-hydrogen) atoms. The van der Waals surface area contributed by atoms with Crippen molar-refractivity contribution in [3.05, 3.63) is 84.5 Å². The van der Waals surface area contributed by atoms with Gasteiger partial charge in [-0.2, -0.15) is 5.10 Å². The normalized spacial score (nSPS) is 11.8. The van der Waals surface area contributed by atoms with Crippen LogP contribution in [0.2, 0.25) is 0 Å². The lowest BCUT2D eigenvalue weighted by molar-refractivity contribution is 0.0925. The van der Waals surface area contributed by atoms with Crippen LogP contribution in [0.25, 0.3) is 21.9 Å². The average molecular weight is 446 g/mol. The van der Waals surface area contributed by atoms with Crippen LogP contribution < -0.4 is 5.32 Å². The van der Waals surface area contributed by atoms with E-state index in [9.17, 15) is 13.2 Å². The highest BCUT2D eigenvalue weighted by Gasteiger charge is 2.19. The number of furan rings is 1. The number of rotatable bonds is 5. The van der Waals surface area contributed by atoms with Crippen molar-refractivity contribution >= 4 is 37.6 Å². The maximum absolute atomic E-state index is 13.0. The van der Waals surface area contributed by atoms with E-state index in [0.717, 1.165) is 16.3 Å². The molecule has 0 unspecified atom stereocenters. The van der Waals surface area contributed by atoms with Crippen LogP contribution in [0.3, 0.4) is 0 Å². The minimum absolute atomic E-state index is 0.174. The molecule has 0 saturated heterocycles. The molecule has 0 fully saturated rings. The van der Waals surface area contributed by atoms with Crippen LogP contribution in [0.4, 0.5) is 0 Å². The standard InChI is InChI=1S/C23H18N4O4S/c1-27-14-17-4-7-19(11-20(17)26-27)32(29,30)18-5-2-15(3-6-18)12-25-23(28)21-10-16-8-9-24-13-22(16)31-21/h2-11,13-14H,12H2,1H3,(H,25,28). The molecule has 160 valence electrons. The summed E-state index contributed by atoms with van der Waals surface area (Å²) in [6.45, 7) is 0.231. The summed E-state index contributed by atoms with van der Waals surface area (Å²) in [4.78, 5) is 16.7. The first-order chi connectivity index (χ1) is 15.4. The zero-order chi connectivity index (χ0) is 22.3. The number of sulfone groups is 1. The second-order valence-corrected chi connectivity index (χ2v) is 9.33. The molecule has 0 aliphatic carbocycles. The van der Waals surface area contributed by atoms with Crippen LogP contribution in [0.5, 0.6) is 0 Å². The van der Waals surface area contributed by atoms with Crippen LogP contribution >= 0.6 is 0 Å². The molecule has 0 bridgehead atoms. The Kier molecular flexibility index (Phi) is 4.75. The maximum Gasteiger partial charge on any atom is 0.287 e. The summed E-state index contributed by atoms with van der Waals surface area (Å²) >= 11 is 0. The van der Waals surface area contributed by atoms with Gasteiger partial charge in [0.25, 0.3) is 5.91 Å². The van der Waals surface area contributed by atoms with E-state index in [1.165, 1.54) is 12.1 Å². The summed E-state index contributed by atoms with van der Waals surface area (Å²) in [7, 11) is -1.90. The average Bonchev–Trinajstić information content (AvgIpc) is 3.39. The van der Waals surface area contributed by atoms with Gasteiger partial charge < -0.3 is 9.73 Å². The lowest BCUT2D eigenvalue weighted by atomic mass is 10.2. The second-order valence-electron chi connectivity index (χ2n) is 7.38. The number of carbonyl (C=O) groups is 1. The summed E-state index contributed by atoms with van der Waals surface area (Å²) in [5.41, 5.74) is 1.92. The first-order valence-electron chi connectivity index (χ1n) is 9.79. The highest BCUT2D eigenvalue weighted by Crippen LogP contribution is 2.24. The lowest BCUT2D eigenvalue weighted by Crippen LogP contribution is -2.22. The number of amides is 1. The quantitative estimate of drug-likeness (QED) is 0.443. The van der Waals surface area contributed by atoms with Crippen LogP contribution in [-0.4, -0.2) is 29.1 Å². The fourth-order valence-electron chi connectivity index (χ4n) is 3.47. The van der Waals surface area contributed by atoms with Crippen molar-refractivity contribution in [2.75, 3.05) is 0 Å². The van der Waals surface area contributed by atoms with Gasteiger partial charge in [0.15, 0.2) is 11.3 Å². The Morgan fingerprint density at radius 1 is 1.03 bits per heavy atom. The third-order valence-electron chi connectivity index (χ3n) is 5.14. The zero-order valence-corrected chi connectivity index (χ0v) is 17.8. The number of pyridine rings is 1. The van der Waals surface area contributed by atoms with Crippen molar-refractivity contribution in [1.82, 2.24) is 20.1 Å². The molecule has 3 aromatic heterocycles. The smallest absolute Gasteiger partial charge is 0.287 e. The van der Waals surface area contributed by atoms with Gasteiger partial charge in [-0.15, -0.1) is 0 Å². The third-order valence-corrected chi connectivity index (χ3v) is 6.90. The Labute approximate surface area is 183 Å². The fraction of sp³-hybridized carbons (Fsp3) is 0.0870. The number of hydrogen-bond donors (Lipinski definition) is 1. The van der Waals surface area contributed by atoms with Gasteiger partial charge in [-0.3, -0.25) is 14.5 Å². The molecule has 0 radical (unpaired) electrons. The topological polar surface area (TPSA) is 107 Å². The minimum atomic E-state index is -3.68. The van der Waals surface area contributed by atoms with E-state index >= 15 is 0 Å². The monoisotopic (exact) mass is 446 g/mol. The molecule has 0 spiro atoms. The molecule has 9 heteroatoms. The van der Waals surface area contributed by atoms with Crippen molar-refractivity contribution in [2.45, 2.75) is 16.3 Å². The zero-order valence-electron chi connectivity index (χ0n) is 17.0. The molecule has 0 aliphatic rings. The van der Waals surface area contributed by atoms with E-state index in [4.69, 9.17) is 4.42 Å². The first-order valence-corrected chi connectivity index (χ1v) is 11.3. The van der Waals surface area contributed by atoms with Crippen molar-refractivity contribution in [3.63, 3.8) is 0 Å². The van der Waals surface area contributed by atoms with Gasteiger partial charge in [0, 0.05) is 36.8 Å². The van der Waals surface area contributed by atoms with Gasteiger partial charge in [0.2, 0.25) is 9.84 Å². The number of fused-ring (bicyclic) bond motifs is 2. The number of carbonyl (C=O) groups excluding carboxylic acids is 1. The number of nitrogens with one attached hydrogen (secondary N) is 1. The van der Waals surface area contributed by atoms with Crippen LogP contribution in [-0.2, 0) is 23.4 Å². The van der Waals surface area contributed by atoms with Crippen molar-refractivity contribution in [2.24, 2.45) is 7.05 Å². The Hall–Kier alpha value is -3.98. The van der Waals surface area contributed by atoms with Crippen LogP contribution in [0.1, 0.15) is 16.1 Å². The van der Waals surface area contributed by atoms with Crippen LogP contribution in [0, 0.1) is 0 Å². The van der Waals surface area contributed by atoms with E-state index in [1.807, 2.05) is 6.20 Å². The second kappa shape index (κ2) is 7.61. The lowest BCUT2D eigenvalue weighted by Gasteiger charge is -2.07. The van der Waals surface area contributed by atoms with E-state index in [0.29, 0.717) is 11.1 Å². The number of aryl methyl sites for hydroxylation is 1. The Morgan fingerprint density at radius 3 is 2.59 bits per heavy atom. The summed E-state index contributed by atoms with van der Waals surface area (Å²) in [6.07, 6.45) is 5.01. The molecule has 1 N–H and O–H groups in total. The molecule has 2 aromatic carbocycles. The molecule has 0 aliphatic heterocycles. The Morgan fingerprint density at radius 2 is 1.81 bits per heavy atom. The van der Waals surface area contributed by atoms with E-state index < -0.39 is 9.84 Å². The summed E-state index contributed by atoms with van der Waals surface area (Å²) in [5.74, 6) is -0.168. The number of nitrogens with zero attached hydrogens (tertiary/aromatic N) is 3. The summed E-state index contributed by atoms with van der Waals surface area (Å²) in [5, 5.41) is 8.72. The molecule has 5 rings (SSSR count). The van der Waals surface area contributed by atoms with Gasteiger partial charge in [0.05, 0.1) is 21.5 Å². The van der Waals surface area contributed by atoms with E-state index in [-0.39, 0.29) is 28.0 Å². The molecule has 1 amide bonds. The summed E-state index contributed by atoms with van der Waals surface area (Å²) in [6, 6.07) is 14.7. The largest absolute Gasteiger partial charge is 0.449 e. The SMILES string of the molecule is Cn1cc2ccc(S(=O)(=O)c3ccc(CNC(=O)c4cc5ccncc5o4)cc3)cc2n1. The van der Waals surface area contributed by atoms with Crippen molar-refractivity contribution in [3.8, 4) is 0 Å². The Balaban J connectivity index is 1.31. The van der Waals surface area contributed by atoms with Gasteiger partial charge in [-0.25, -0.2) is 8.42 Å². The molecule has 5 aromatic rings. The van der Waals surface area contributed by atoms with Crippen LogP contribution in [0.15, 0.2) is 87.4 Å². The molecule has 3 heterocycles. The minimum Gasteiger partial charge on any atom is -0.449 e. The van der Waals surface area contributed by atoms with E-state index in [1.54, 1.807) is 66.6 Å².